The van der Waals surface area contributed by atoms with Gasteiger partial charge in [-0.15, -0.1) is 0 Å². The molecule has 0 saturated heterocycles. The van der Waals surface area contributed by atoms with Crippen LogP contribution in [0, 0.1) is 0 Å². The Kier molecular flexibility index (Phi) is 8.12. The van der Waals surface area contributed by atoms with Crippen molar-refractivity contribution in [2.75, 3.05) is 23.9 Å². The van der Waals surface area contributed by atoms with Crippen LogP contribution >= 0.6 is 11.6 Å². The lowest BCUT2D eigenvalue weighted by Crippen LogP contribution is -2.46. The first kappa shape index (κ1) is 27.6. The summed E-state index contributed by atoms with van der Waals surface area (Å²) in [4.78, 5) is 56.1. The van der Waals surface area contributed by atoms with Crippen molar-refractivity contribution in [3.8, 4) is 5.75 Å². The molecular weight excluding hydrogens is 542 g/mol. The molecule has 1 N–H and O–H groups in total. The predicted molar refractivity (Wildman–Crippen MR) is 156 cm³/mol. The maximum absolute atomic E-state index is 14.1. The number of rotatable bonds is 9. The summed E-state index contributed by atoms with van der Waals surface area (Å²) in [6, 6.07) is 28.2. The zero-order valence-corrected chi connectivity index (χ0v) is 22.9. The molecule has 0 aliphatic carbocycles. The molecular formula is C32H26ClN3O5. The molecule has 1 atom stereocenters. The third-order valence-corrected chi connectivity index (χ3v) is 7.19. The van der Waals surface area contributed by atoms with E-state index in [0.717, 1.165) is 4.90 Å². The van der Waals surface area contributed by atoms with E-state index < -0.39 is 36.1 Å². The average molecular weight is 568 g/mol. The van der Waals surface area contributed by atoms with E-state index >= 15 is 0 Å². The maximum Gasteiger partial charge on any atom is 0.299 e. The molecule has 1 aliphatic rings. The Morgan fingerprint density at radius 1 is 0.878 bits per heavy atom. The van der Waals surface area contributed by atoms with Gasteiger partial charge < -0.3 is 15.0 Å². The molecule has 206 valence electrons. The van der Waals surface area contributed by atoms with E-state index in [0.29, 0.717) is 33.3 Å². The highest BCUT2D eigenvalue weighted by molar-refractivity contribution is 6.52. The Morgan fingerprint density at radius 3 is 2.24 bits per heavy atom. The minimum Gasteiger partial charge on any atom is -0.497 e. The lowest BCUT2D eigenvalue weighted by atomic mass is 10.0. The number of halogens is 1. The fourth-order valence-electron chi connectivity index (χ4n) is 4.76. The summed E-state index contributed by atoms with van der Waals surface area (Å²) in [5.41, 5.74) is 2.27. The van der Waals surface area contributed by atoms with E-state index in [4.69, 9.17) is 16.3 Å². The van der Waals surface area contributed by atoms with Crippen molar-refractivity contribution < 1.29 is 23.9 Å². The van der Waals surface area contributed by atoms with Crippen molar-refractivity contribution in [1.82, 2.24) is 4.90 Å². The van der Waals surface area contributed by atoms with Crippen molar-refractivity contribution in [3.63, 3.8) is 0 Å². The first-order valence-electron chi connectivity index (χ1n) is 12.9. The molecule has 0 unspecified atom stereocenters. The topological polar surface area (TPSA) is 96.0 Å². The third-order valence-electron chi connectivity index (χ3n) is 6.82. The van der Waals surface area contributed by atoms with Crippen molar-refractivity contribution in [2.45, 2.75) is 12.6 Å². The van der Waals surface area contributed by atoms with Gasteiger partial charge in [0.15, 0.2) is 0 Å². The summed E-state index contributed by atoms with van der Waals surface area (Å²) in [7, 11) is 1.55. The number of fused-ring (bicyclic) bond motifs is 1. The number of Topliss-reactive ketones (excluding diaryl/α,β-unsaturated/α-hetero) is 1. The molecule has 4 aromatic rings. The monoisotopic (exact) mass is 567 g/mol. The molecule has 8 nitrogen and oxygen atoms in total. The van der Waals surface area contributed by atoms with Crippen molar-refractivity contribution in [2.24, 2.45) is 0 Å². The second-order valence-electron chi connectivity index (χ2n) is 9.38. The van der Waals surface area contributed by atoms with Crippen molar-refractivity contribution in [3.05, 3.63) is 125 Å². The Morgan fingerprint density at radius 2 is 1.54 bits per heavy atom. The summed E-state index contributed by atoms with van der Waals surface area (Å²) >= 11 is 6.48. The number of hydrogen-bond acceptors (Lipinski definition) is 5. The molecule has 0 bridgehead atoms. The number of anilines is 2. The molecule has 0 spiro atoms. The number of ketones is 1. The molecule has 9 heteroatoms. The van der Waals surface area contributed by atoms with E-state index in [2.05, 4.69) is 5.32 Å². The van der Waals surface area contributed by atoms with Gasteiger partial charge in [-0.2, -0.15) is 0 Å². The number of nitrogens with one attached hydrogen (secondary N) is 1. The van der Waals surface area contributed by atoms with Crippen LogP contribution in [0.2, 0.25) is 5.02 Å². The Balaban J connectivity index is 1.53. The number of carbonyl (C=O) groups excluding carboxylic acids is 4. The van der Waals surface area contributed by atoms with Crippen LogP contribution in [0.3, 0.4) is 0 Å². The number of para-hydroxylation sites is 1. The Bertz CT molecular complexity index is 1610. The summed E-state index contributed by atoms with van der Waals surface area (Å²) in [6.07, 6.45) is 0. The molecule has 5 rings (SSSR count). The maximum atomic E-state index is 14.1. The second kappa shape index (κ2) is 12.1. The van der Waals surface area contributed by atoms with Gasteiger partial charge in [0.1, 0.15) is 18.3 Å². The molecule has 1 aliphatic heterocycles. The van der Waals surface area contributed by atoms with Crippen molar-refractivity contribution in [1.29, 1.82) is 0 Å². The van der Waals surface area contributed by atoms with Crippen LogP contribution in [0.25, 0.3) is 0 Å². The normalized spacial score (nSPS) is 13.0. The standard InChI is InChI=1S/C32H26ClN3O5/c1-41-24-17-15-23(16-18-24)34-31(39)29(21-9-3-2-4-10-21)36(19-22-11-5-7-13-26(22)33)28(37)20-35-27-14-8-6-12-25(27)30(38)32(35)40/h2-18,29H,19-20H2,1H3,(H,34,39)/t29-/m0/s1. The van der Waals surface area contributed by atoms with E-state index in [-0.39, 0.29) is 12.1 Å². The summed E-state index contributed by atoms with van der Waals surface area (Å²) in [6.45, 7) is -0.461. The first-order valence-corrected chi connectivity index (χ1v) is 13.2. The summed E-state index contributed by atoms with van der Waals surface area (Å²) in [5.74, 6) is -1.85. The number of hydrogen-bond donors (Lipinski definition) is 1. The highest BCUT2D eigenvalue weighted by Gasteiger charge is 2.39. The van der Waals surface area contributed by atoms with Crippen LogP contribution < -0.4 is 15.0 Å². The lowest BCUT2D eigenvalue weighted by Gasteiger charge is -2.33. The second-order valence-corrected chi connectivity index (χ2v) is 9.79. The number of ether oxygens (including phenoxy) is 1. The smallest absolute Gasteiger partial charge is 0.299 e. The van der Waals surface area contributed by atoms with Gasteiger partial charge in [0.05, 0.1) is 18.4 Å². The van der Waals surface area contributed by atoms with E-state index in [1.54, 1.807) is 104 Å². The molecule has 0 radical (unpaired) electrons. The molecule has 0 fully saturated rings. The quantitative estimate of drug-likeness (QED) is 0.277. The van der Waals surface area contributed by atoms with Crippen LogP contribution in [0.1, 0.15) is 27.5 Å². The minimum absolute atomic E-state index is 0.0221. The van der Waals surface area contributed by atoms with Gasteiger partial charge in [-0.1, -0.05) is 72.3 Å². The summed E-state index contributed by atoms with van der Waals surface area (Å²) in [5, 5.41) is 3.32. The minimum atomic E-state index is -1.09. The van der Waals surface area contributed by atoms with Crippen LogP contribution in [0.5, 0.6) is 5.75 Å². The Labute approximate surface area is 242 Å². The highest BCUT2D eigenvalue weighted by atomic mass is 35.5. The molecule has 4 aromatic carbocycles. The van der Waals surface area contributed by atoms with Gasteiger partial charge in [0.2, 0.25) is 5.91 Å². The lowest BCUT2D eigenvalue weighted by molar-refractivity contribution is -0.139. The zero-order chi connectivity index (χ0) is 28.9. The number of nitrogens with zero attached hydrogens (tertiary/aromatic N) is 2. The fourth-order valence-corrected chi connectivity index (χ4v) is 4.95. The van der Waals surface area contributed by atoms with Crippen molar-refractivity contribution >= 4 is 46.5 Å². The molecule has 3 amide bonds. The third kappa shape index (κ3) is 5.83. The highest BCUT2D eigenvalue weighted by Crippen LogP contribution is 2.31. The SMILES string of the molecule is COc1ccc(NC(=O)[C@H](c2ccccc2)N(Cc2ccccc2Cl)C(=O)CN2C(=O)C(=O)c3ccccc32)cc1. The molecule has 41 heavy (non-hydrogen) atoms. The fraction of sp³-hybridized carbons (Fsp3) is 0.125. The van der Waals surface area contributed by atoms with Gasteiger partial charge in [-0.3, -0.25) is 24.1 Å². The molecule has 0 saturated carbocycles. The van der Waals surface area contributed by atoms with Gasteiger partial charge in [-0.05, 0) is 53.6 Å². The summed E-state index contributed by atoms with van der Waals surface area (Å²) < 4.78 is 5.21. The van der Waals surface area contributed by atoms with Crippen LogP contribution in [-0.4, -0.2) is 42.1 Å². The van der Waals surface area contributed by atoms with E-state index in [1.165, 1.54) is 4.90 Å². The van der Waals surface area contributed by atoms with Gasteiger partial charge in [0.25, 0.3) is 17.6 Å². The Hall–Kier alpha value is -4.95. The van der Waals surface area contributed by atoms with E-state index in [9.17, 15) is 19.2 Å². The average Bonchev–Trinajstić information content (AvgIpc) is 3.23. The number of benzene rings is 4. The molecule has 0 aromatic heterocycles. The number of carbonyl (C=O) groups is 4. The number of methoxy groups -OCH3 is 1. The van der Waals surface area contributed by atoms with Crippen LogP contribution in [0.15, 0.2) is 103 Å². The largest absolute Gasteiger partial charge is 0.497 e. The first-order chi connectivity index (χ1) is 19.9. The van der Waals surface area contributed by atoms with Gasteiger partial charge >= 0.3 is 0 Å². The van der Waals surface area contributed by atoms with Crippen LogP contribution in [0.4, 0.5) is 11.4 Å². The molecule has 1 heterocycles. The predicted octanol–water partition coefficient (Wildman–Crippen LogP) is 5.29. The van der Waals surface area contributed by atoms with E-state index in [1.807, 2.05) is 6.07 Å². The zero-order valence-electron chi connectivity index (χ0n) is 22.1. The van der Waals surface area contributed by atoms with Crippen LogP contribution in [-0.2, 0) is 20.9 Å². The van der Waals surface area contributed by atoms with Gasteiger partial charge in [-0.25, -0.2) is 0 Å². The van der Waals surface area contributed by atoms with Gasteiger partial charge in [0, 0.05) is 17.3 Å². The number of amides is 3.